The Bertz CT molecular complexity index is 787. The second kappa shape index (κ2) is 6.52. The fourth-order valence-electron chi connectivity index (χ4n) is 2.46. The minimum Gasteiger partial charge on any atom is -0.464 e. The molecule has 1 aromatic carbocycles. The van der Waals surface area contributed by atoms with Crippen molar-refractivity contribution in [3.05, 3.63) is 59.5 Å². The van der Waals surface area contributed by atoms with Gasteiger partial charge in [-0.2, -0.15) is 5.10 Å². The second-order valence-corrected chi connectivity index (χ2v) is 5.41. The first-order valence-corrected chi connectivity index (χ1v) is 7.67. The highest BCUT2D eigenvalue weighted by atomic mass is 16.5. The number of benzene rings is 1. The van der Waals surface area contributed by atoms with Gasteiger partial charge in [0.25, 0.3) is 5.91 Å². The number of carbonyl (C=O) groups is 1. The SMILES string of the molecule is CCCn1nc(C)cc1NC(=O)C1=Cc2ccccc2OC=C1. The summed E-state index contributed by atoms with van der Waals surface area (Å²) in [6.45, 7) is 4.76. The van der Waals surface area contributed by atoms with Gasteiger partial charge in [-0.3, -0.25) is 4.79 Å². The Morgan fingerprint density at radius 3 is 3.00 bits per heavy atom. The van der Waals surface area contributed by atoms with Crippen LogP contribution in [0.3, 0.4) is 0 Å². The fourth-order valence-corrected chi connectivity index (χ4v) is 2.46. The van der Waals surface area contributed by atoms with Gasteiger partial charge in [0.2, 0.25) is 0 Å². The number of nitrogens with zero attached hydrogens (tertiary/aromatic N) is 2. The largest absolute Gasteiger partial charge is 0.464 e. The van der Waals surface area contributed by atoms with Crippen molar-refractivity contribution in [2.45, 2.75) is 26.8 Å². The van der Waals surface area contributed by atoms with Crippen molar-refractivity contribution in [2.24, 2.45) is 0 Å². The molecular formula is C18H19N3O2. The predicted molar refractivity (Wildman–Crippen MR) is 90.1 cm³/mol. The first-order valence-electron chi connectivity index (χ1n) is 7.67. The van der Waals surface area contributed by atoms with Gasteiger partial charge in [-0.1, -0.05) is 25.1 Å². The molecule has 0 bridgehead atoms. The molecule has 0 atom stereocenters. The van der Waals surface area contributed by atoms with Crippen LogP contribution in [0, 0.1) is 6.92 Å². The van der Waals surface area contributed by atoms with Crippen molar-refractivity contribution < 1.29 is 9.53 Å². The molecular weight excluding hydrogens is 290 g/mol. The lowest BCUT2D eigenvalue weighted by Gasteiger charge is -2.08. The molecule has 5 nitrogen and oxygen atoms in total. The van der Waals surface area contributed by atoms with Gasteiger partial charge < -0.3 is 10.1 Å². The molecule has 1 amide bonds. The van der Waals surface area contributed by atoms with Crippen LogP contribution in [0.1, 0.15) is 24.6 Å². The van der Waals surface area contributed by atoms with E-state index in [-0.39, 0.29) is 5.91 Å². The molecule has 0 saturated heterocycles. The zero-order valence-electron chi connectivity index (χ0n) is 13.2. The first-order chi connectivity index (χ1) is 11.2. The number of aromatic nitrogens is 2. The van der Waals surface area contributed by atoms with Crippen molar-refractivity contribution in [3.63, 3.8) is 0 Å². The van der Waals surface area contributed by atoms with Gasteiger partial charge in [0, 0.05) is 23.7 Å². The number of anilines is 1. The van der Waals surface area contributed by atoms with Crippen molar-refractivity contribution >= 4 is 17.8 Å². The minimum absolute atomic E-state index is 0.182. The molecule has 0 unspecified atom stereocenters. The summed E-state index contributed by atoms with van der Waals surface area (Å²) in [5.74, 6) is 1.26. The summed E-state index contributed by atoms with van der Waals surface area (Å²) in [6.07, 6.45) is 5.98. The van der Waals surface area contributed by atoms with Crippen LogP contribution in [0.25, 0.3) is 6.08 Å². The van der Waals surface area contributed by atoms with Crippen molar-refractivity contribution in [2.75, 3.05) is 5.32 Å². The summed E-state index contributed by atoms with van der Waals surface area (Å²) in [5.41, 5.74) is 2.30. The number of amides is 1. The van der Waals surface area contributed by atoms with E-state index in [9.17, 15) is 4.79 Å². The number of para-hydroxylation sites is 1. The molecule has 3 rings (SSSR count). The maximum absolute atomic E-state index is 12.6. The van der Waals surface area contributed by atoms with E-state index < -0.39 is 0 Å². The number of hydrogen-bond donors (Lipinski definition) is 1. The van der Waals surface area contributed by atoms with E-state index in [2.05, 4.69) is 17.3 Å². The van der Waals surface area contributed by atoms with Crippen LogP contribution in [-0.4, -0.2) is 15.7 Å². The average Bonchev–Trinajstić information content (AvgIpc) is 2.75. The molecule has 1 N–H and O–H groups in total. The monoisotopic (exact) mass is 309 g/mol. The maximum Gasteiger partial charge on any atom is 0.256 e. The van der Waals surface area contributed by atoms with Crippen LogP contribution in [0.5, 0.6) is 5.75 Å². The average molecular weight is 309 g/mol. The Labute approximate surface area is 135 Å². The van der Waals surface area contributed by atoms with Crippen LogP contribution in [0.2, 0.25) is 0 Å². The smallest absolute Gasteiger partial charge is 0.256 e. The number of carbonyl (C=O) groups excluding carboxylic acids is 1. The summed E-state index contributed by atoms with van der Waals surface area (Å²) in [5, 5.41) is 7.32. The highest BCUT2D eigenvalue weighted by molar-refractivity contribution is 6.08. The highest BCUT2D eigenvalue weighted by Crippen LogP contribution is 2.25. The second-order valence-electron chi connectivity index (χ2n) is 5.41. The Balaban J connectivity index is 1.85. The number of nitrogens with one attached hydrogen (secondary N) is 1. The third-order valence-corrected chi connectivity index (χ3v) is 3.51. The van der Waals surface area contributed by atoms with Gasteiger partial charge in [-0.05, 0) is 31.6 Å². The zero-order chi connectivity index (χ0) is 16.2. The van der Waals surface area contributed by atoms with Gasteiger partial charge in [-0.25, -0.2) is 4.68 Å². The van der Waals surface area contributed by atoms with Gasteiger partial charge in [0.05, 0.1) is 12.0 Å². The summed E-state index contributed by atoms with van der Waals surface area (Å²) in [7, 11) is 0. The van der Waals surface area contributed by atoms with Crippen LogP contribution in [0.15, 0.2) is 48.2 Å². The summed E-state index contributed by atoms with van der Waals surface area (Å²) in [6, 6.07) is 9.48. The minimum atomic E-state index is -0.182. The van der Waals surface area contributed by atoms with Gasteiger partial charge in [0.1, 0.15) is 11.6 Å². The van der Waals surface area contributed by atoms with Crippen LogP contribution < -0.4 is 10.1 Å². The molecule has 1 aliphatic heterocycles. The first kappa shape index (κ1) is 15.1. The quantitative estimate of drug-likeness (QED) is 0.940. The molecule has 1 aromatic heterocycles. The van der Waals surface area contributed by atoms with E-state index in [1.54, 1.807) is 6.08 Å². The molecule has 0 radical (unpaired) electrons. The Morgan fingerprint density at radius 2 is 2.17 bits per heavy atom. The van der Waals surface area contributed by atoms with Crippen LogP contribution in [0.4, 0.5) is 5.82 Å². The predicted octanol–water partition coefficient (Wildman–Crippen LogP) is 3.53. The summed E-state index contributed by atoms with van der Waals surface area (Å²) < 4.78 is 7.33. The molecule has 5 heteroatoms. The van der Waals surface area contributed by atoms with Crippen molar-refractivity contribution in [1.82, 2.24) is 9.78 Å². The normalized spacial score (nSPS) is 12.9. The highest BCUT2D eigenvalue weighted by Gasteiger charge is 2.14. The number of aryl methyl sites for hydroxylation is 2. The Kier molecular flexibility index (Phi) is 4.28. The third kappa shape index (κ3) is 3.34. The lowest BCUT2D eigenvalue weighted by atomic mass is 10.1. The molecule has 2 aromatic rings. The zero-order valence-corrected chi connectivity index (χ0v) is 13.2. The standard InChI is InChI=1S/C18H19N3O2/c1-3-9-21-17(11-13(2)20-21)19-18(22)15-8-10-23-16-7-5-4-6-14(16)12-15/h4-8,10-12H,3,9H2,1-2H3,(H,19,22). The molecule has 1 aliphatic rings. The van der Waals surface area contributed by atoms with E-state index >= 15 is 0 Å². The van der Waals surface area contributed by atoms with Gasteiger partial charge in [0.15, 0.2) is 0 Å². The van der Waals surface area contributed by atoms with Crippen molar-refractivity contribution in [3.8, 4) is 5.75 Å². The van der Waals surface area contributed by atoms with E-state index in [4.69, 9.17) is 4.74 Å². The summed E-state index contributed by atoms with van der Waals surface area (Å²) >= 11 is 0. The van der Waals surface area contributed by atoms with Crippen LogP contribution in [-0.2, 0) is 11.3 Å². The van der Waals surface area contributed by atoms with Gasteiger partial charge >= 0.3 is 0 Å². The Morgan fingerprint density at radius 1 is 1.35 bits per heavy atom. The molecule has 0 spiro atoms. The van der Waals surface area contributed by atoms with Gasteiger partial charge in [-0.15, -0.1) is 0 Å². The van der Waals surface area contributed by atoms with E-state index in [0.29, 0.717) is 11.4 Å². The van der Waals surface area contributed by atoms with Crippen molar-refractivity contribution in [1.29, 1.82) is 0 Å². The van der Waals surface area contributed by atoms with E-state index in [1.807, 2.05) is 48.0 Å². The van der Waals surface area contributed by atoms with Crippen LogP contribution >= 0.6 is 0 Å². The third-order valence-electron chi connectivity index (χ3n) is 3.51. The molecule has 118 valence electrons. The lowest BCUT2D eigenvalue weighted by Crippen LogP contribution is -2.16. The maximum atomic E-state index is 12.6. The Hall–Kier alpha value is -2.82. The lowest BCUT2D eigenvalue weighted by molar-refractivity contribution is -0.112. The number of ether oxygens (including phenoxy) is 1. The van der Waals surface area contributed by atoms with E-state index in [0.717, 1.165) is 30.0 Å². The summed E-state index contributed by atoms with van der Waals surface area (Å²) in [4.78, 5) is 12.6. The number of hydrogen-bond acceptors (Lipinski definition) is 3. The molecule has 0 saturated carbocycles. The topological polar surface area (TPSA) is 56.2 Å². The van der Waals surface area contributed by atoms with E-state index in [1.165, 1.54) is 6.26 Å². The molecule has 2 heterocycles. The molecule has 0 aliphatic carbocycles. The number of rotatable bonds is 4. The molecule has 0 fully saturated rings. The fraction of sp³-hybridized carbons (Fsp3) is 0.222. The number of fused-ring (bicyclic) bond motifs is 1. The molecule has 23 heavy (non-hydrogen) atoms.